The largest absolute Gasteiger partial charge is 0.493 e. The van der Waals surface area contributed by atoms with E-state index >= 15 is 0 Å². The van der Waals surface area contributed by atoms with Crippen molar-refractivity contribution in [3.63, 3.8) is 0 Å². The Balaban J connectivity index is 1.53. The number of benzene rings is 2. The van der Waals surface area contributed by atoms with Gasteiger partial charge in [-0.2, -0.15) is 0 Å². The van der Waals surface area contributed by atoms with Gasteiger partial charge >= 0.3 is 0 Å². The second-order valence-electron chi connectivity index (χ2n) is 8.71. The minimum atomic E-state index is 0.112. The molecule has 31 heavy (non-hydrogen) atoms. The van der Waals surface area contributed by atoms with Crippen LogP contribution in [-0.4, -0.2) is 55.7 Å². The quantitative estimate of drug-likeness (QED) is 0.709. The fraction of sp³-hybridized carbons (Fsp3) is 0.500. The molecule has 0 bridgehead atoms. The van der Waals surface area contributed by atoms with Gasteiger partial charge in [0.15, 0.2) is 11.5 Å². The maximum atomic E-state index is 13.3. The first-order valence-electron chi connectivity index (χ1n) is 11.4. The molecule has 166 valence electrons. The molecule has 0 spiro atoms. The van der Waals surface area contributed by atoms with Crippen molar-refractivity contribution in [1.29, 1.82) is 0 Å². The molecule has 1 amide bonds. The van der Waals surface area contributed by atoms with E-state index in [1.54, 1.807) is 14.2 Å². The first-order chi connectivity index (χ1) is 15.0. The van der Waals surface area contributed by atoms with Gasteiger partial charge in [-0.15, -0.1) is 0 Å². The van der Waals surface area contributed by atoms with Crippen LogP contribution in [0.1, 0.15) is 42.0 Å². The number of fused-ring (bicyclic) bond motifs is 2. The molecule has 2 unspecified atom stereocenters. The van der Waals surface area contributed by atoms with E-state index in [2.05, 4.69) is 48.0 Å². The Morgan fingerprint density at radius 2 is 1.71 bits per heavy atom. The number of nitrogens with zero attached hydrogens (tertiary/aromatic N) is 2. The molecule has 0 radical (unpaired) electrons. The van der Waals surface area contributed by atoms with Crippen LogP contribution >= 0.6 is 0 Å². The zero-order valence-corrected chi connectivity index (χ0v) is 19.2. The Bertz CT molecular complexity index is 942. The van der Waals surface area contributed by atoms with Crippen LogP contribution in [0.25, 0.3) is 0 Å². The third kappa shape index (κ3) is 4.29. The summed E-state index contributed by atoms with van der Waals surface area (Å²) in [6.07, 6.45) is 5.58. The number of ether oxygens (including phenoxy) is 2. The highest BCUT2D eigenvalue weighted by molar-refractivity contribution is 5.80. The highest BCUT2D eigenvalue weighted by Crippen LogP contribution is 2.33. The Kier molecular flexibility index (Phi) is 6.51. The van der Waals surface area contributed by atoms with Crippen LogP contribution in [0.2, 0.25) is 0 Å². The van der Waals surface area contributed by atoms with Crippen LogP contribution in [0.15, 0.2) is 36.4 Å². The summed E-state index contributed by atoms with van der Waals surface area (Å²) in [4.78, 5) is 17.9. The fourth-order valence-electron chi connectivity index (χ4n) is 5.30. The third-order valence-electron chi connectivity index (χ3n) is 7.08. The van der Waals surface area contributed by atoms with Crippen LogP contribution in [0.4, 0.5) is 0 Å². The summed E-state index contributed by atoms with van der Waals surface area (Å²) in [6, 6.07) is 13.2. The number of carbonyl (C=O) groups is 1. The Morgan fingerprint density at radius 1 is 1.03 bits per heavy atom. The maximum Gasteiger partial charge on any atom is 0.228 e. The second kappa shape index (κ2) is 9.31. The molecule has 0 saturated heterocycles. The summed E-state index contributed by atoms with van der Waals surface area (Å²) in [7, 11) is 5.49. The normalized spacial score (nSPS) is 19.5. The van der Waals surface area contributed by atoms with Gasteiger partial charge in [-0.25, -0.2) is 0 Å². The molecular weight excluding hydrogens is 388 g/mol. The number of hydrogen-bond acceptors (Lipinski definition) is 4. The predicted molar refractivity (Wildman–Crippen MR) is 123 cm³/mol. The van der Waals surface area contributed by atoms with E-state index in [4.69, 9.17) is 9.47 Å². The SMILES string of the molecule is CCC(N1CCc2cc(OC)c(OC)cc2CC1=O)N(C)C1CCc2ccccc2C1. The molecule has 0 N–H and O–H groups in total. The van der Waals surface area contributed by atoms with Crippen molar-refractivity contribution in [2.45, 2.75) is 57.7 Å². The minimum absolute atomic E-state index is 0.112. The van der Waals surface area contributed by atoms with Crippen LogP contribution in [0, 0.1) is 0 Å². The Labute approximate surface area is 185 Å². The van der Waals surface area contributed by atoms with E-state index in [0.29, 0.717) is 18.2 Å². The molecule has 2 aromatic carbocycles. The van der Waals surface area contributed by atoms with Gasteiger partial charge in [0.2, 0.25) is 5.91 Å². The van der Waals surface area contributed by atoms with Gasteiger partial charge in [-0.1, -0.05) is 31.2 Å². The number of hydrogen-bond donors (Lipinski definition) is 0. The van der Waals surface area contributed by atoms with Gasteiger partial charge in [0.05, 0.1) is 26.8 Å². The summed E-state index contributed by atoms with van der Waals surface area (Å²) in [5, 5.41) is 0. The van der Waals surface area contributed by atoms with Crippen molar-refractivity contribution < 1.29 is 14.3 Å². The predicted octanol–water partition coefficient (Wildman–Crippen LogP) is 3.86. The highest BCUT2D eigenvalue weighted by Gasteiger charge is 2.33. The van der Waals surface area contributed by atoms with Crippen molar-refractivity contribution in [3.05, 3.63) is 58.7 Å². The maximum absolute atomic E-state index is 13.3. The molecule has 2 aliphatic rings. The first kappa shape index (κ1) is 21.7. The lowest BCUT2D eigenvalue weighted by atomic mass is 9.87. The Hall–Kier alpha value is -2.53. The summed E-state index contributed by atoms with van der Waals surface area (Å²) in [6.45, 7) is 2.92. The summed E-state index contributed by atoms with van der Waals surface area (Å²) >= 11 is 0. The number of amides is 1. The number of aryl methyl sites for hydroxylation is 1. The van der Waals surface area contributed by atoms with Crippen molar-refractivity contribution in [1.82, 2.24) is 9.80 Å². The van der Waals surface area contributed by atoms with Gasteiger partial charge in [-0.3, -0.25) is 9.69 Å². The highest BCUT2D eigenvalue weighted by atomic mass is 16.5. The molecule has 2 atom stereocenters. The number of likely N-dealkylation sites (N-methyl/N-ethyl adjacent to an activating group) is 1. The lowest BCUT2D eigenvalue weighted by molar-refractivity contribution is -0.137. The van der Waals surface area contributed by atoms with E-state index in [0.717, 1.165) is 50.0 Å². The van der Waals surface area contributed by atoms with Gasteiger partial charge in [0, 0.05) is 12.6 Å². The number of carbonyl (C=O) groups excluding carboxylic acids is 1. The molecule has 2 aromatic rings. The van der Waals surface area contributed by atoms with E-state index in [9.17, 15) is 4.79 Å². The van der Waals surface area contributed by atoms with Crippen LogP contribution in [-0.2, 0) is 30.5 Å². The molecule has 1 aliphatic heterocycles. The molecule has 5 heteroatoms. The minimum Gasteiger partial charge on any atom is -0.493 e. The van der Waals surface area contributed by atoms with E-state index < -0.39 is 0 Å². The van der Waals surface area contributed by atoms with Crippen LogP contribution in [0.5, 0.6) is 11.5 Å². The molecule has 1 heterocycles. The molecule has 0 aromatic heterocycles. The van der Waals surface area contributed by atoms with E-state index in [1.165, 1.54) is 16.7 Å². The average Bonchev–Trinajstić information content (AvgIpc) is 2.96. The van der Waals surface area contributed by atoms with Gasteiger partial charge in [0.25, 0.3) is 0 Å². The van der Waals surface area contributed by atoms with Crippen molar-refractivity contribution in [3.8, 4) is 11.5 Å². The lowest BCUT2D eigenvalue weighted by Crippen LogP contribution is -2.54. The molecular formula is C26H34N2O3. The molecule has 4 rings (SSSR count). The van der Waals surface area contributed by atoms with Gasteiger partial charge in [-0.05, 0) is 73.5 Å². The van der Waals surface area contributed by atoms with Crippen molar-refractivity contribution in [2.75, 3.05) is 27.8 Å². The second-order valence-corrected chi connectivity index (χ2v) is 8.71. The topological polar surface area (TPSA) is 42.0 Å². The van der Waals surface area contributed by atoms with Crippen LogP contribution in [0.3, 0.4) is 0 Å². The summed E-state index contributed by atoms with van der Waals surface area (Å²) < 4.78 is 10.9. The fourth-order valence-corrected chi connectivity index (χ4v) is 5.30. The van der Waals surface area contributed by atoms with E-state index in [-0.39, 0.29) is 12.1 Å². The average molecular weight is 423 g/mol. The number of rotatable bonds is 6. The smallest absolute Gasteiger partial charge is 0.228 e. The molecule has 1 aliphatic carbocycles. The van der Waals surface area contributed by atoms with E-state index in [1.807, 2.05) is 12.1 Å². The standard InChI is InChI=1S/C26H34N2O3/c1-5-25(27(2)22-11-10-18-8-6-7-9-19(18)14-22)28-13-12-20-15-23(30-3)24(31-4)16-21(20)17-26(28)29/h6-9,15-16,22,25H,5,10-14,17H2,1-4H3. The Morgan fingerprint density at radius 3 is 2.39 bits per heavy atom. The lowest BCUT2D eigenvalue weighted by Gasteiger charge is -2.42. The summed E-state index contributed by atoms with van der Waals surface area (Å²) in [5.74, 6) is 1.61. The zero-order chi connectivity index (χ0) is 22.0. The monoisotopic (exact) mass is 422 g/mol. The van der Waals surface area contributed by atoms with Crippen molar-refractivity contribution in [2.24, 2.45) is 0 Å². The number of methoxy groups -OCH3 is 2. The van der Waals surface area contributed by atoms with Crippen LogP contribution < -0.4 is 9.47 Å². The first-order valence-corrected chi connectivity index (χ1v) is 11.4. The summed E-state index contributed by atoms with van der Waals surface area (Å²) in [5.41, 5.74) is 5.16. The van der Waals surface area contributed by atoms with Gasteiger partial charge < -0.3 is 14.4 Å². The molecule has 0 saturated carbocycles. The third-order valence-corrected chi connectivity index (χ3v) is 7.08. The van der Waals surface area contributed by atoms with Crippen molar-refractivity contribution >= 4 is 5.91 Å². The molecule has 5 nitrogen and oxygen atoms in total. The zero-order valence-electron chi connectivity index (χ0n) is 19.2. The molecule has 0 fully saturated rings. The van der Waals surface area contributed by atoms with Gasteiger partial charge in [0.1, 0.15) is 0 Å².